The lowest BCUT2D eigenvalue weighted by Gasteiger charge is -2.42. The van der Waals surface area contributed by atoms with E-state index in [0.29, 0.717) is 30.0 Å². The van der Waals surface area contributed by atoms with Gasteiger partial charge in [-0.15, -0.1) is 11.6 Å². The Hall–Kier alpha value is -0.820. The summed E-state index contributed by atoms with van der Waals surface area (Å²) in [4.78, 5) is 12.8. The first-order valence-corrected chi connectivity index (χ1v) is 8.14. The van der Waals surface area contributed by atoms with Crippen LogP contribution >= 0.6 is 11.6 Å². The second-order valence-electron chi connectivity index (χ2n) is 7.61. The molecule has 20 heavy (non-hydrogen) atoms. The molecule has 0 aromatic heterocycles. The van der Waals surface area contributed by atoms with E-state index in [4.69, 9.17) is 11.6 Å². The van der Waals surface area contributed by atoms with Crippen LogP contribution in [-0.2, 0) is 4.79 Å². The lowest BCUT2D eigenvalue weighted by molar-refractivity contribution is -0.126. The molecule has 106 valence electrons. The first kappa shape index (κ1) is 12.9. The SMILES string of the molecule is CC1(C)[C@H]2C[C@@H]3[C@@H](c4ccccc4)CC(=O)[C@@]3(C2)[C@H]1Cl. The zero-order valence-electron chi connectivity index (χ0n) is 12.1. The highest BCUT2D eigenvalue weighted by Gasteiger charge is 2.72. The van der Waals surface area contributed by atoms with Crippen LogP contribution in [0.5, 0.6) is 0 Å². The Kier molecular flexibility index (Phi) is 2.50. The largest absolute Gasteiger partial charge is 0.299 e. The Morgan fingerprint density at radius 2 is 1.90 bits per heavy atom. The number of ketones is 1. The maximum absolute atomic E-state index is 12.8. The molecule has 0 saturated heterocycles. The smallest absolute Gasteiger partial charge is 0.141 e. The molecular weight excluding hydrogens is 268 g/mol. The van der Waals surface area contributed by atoms with Crippen LogP contribution in [0.2, 0.25) is 0 Å². The Bertz CT molecular complexity index is 564. The van der Waals surface area contributed by atoms with Gasteiger partial charge in [0.1, 0.15) is 5.78 Å². The van der Waals surface area contributed by atoms with E-state index in [2.05, 4.69) is 38.1 Å². The molecule has 5 atom stereocenters. The first-order chi connectivity index (χ1) is 9.48. The highest BCUT2D eigenvalue weighted by molar-refractivity contribution is 6.24. The van der Waals surface area contributed by atoms with Gasteiger partial charge in [-0.25, -0.2) is 0 Å². The Labute approximate surface area is 125 Å². The van der Waals surface area contributed by atoms with Crippen molar-refractivity contribution in [3.63, 3.8) is 0 Å². The van der Waals surface area contributed by atoms with E-state index in [9.17, 15) is 4.79 Å². The van der Waals surface area contributed by atoms with E-state index in [1.807, 2.05) is 6.07 Å². The minimum atomic E-state index is -0.226. The van der Waals surface area contributed by atoms with Crippen molar-refractivity contribution in [2.45, 2.75) is 44.4 Å². The average Bonchev–Trinajstić information content (AvgIpc) is 3.01. The fourth-order valence-electron chi connectivity index (χ4n) is 5.46. The minimum absolute atomic E-state index is 0.0139. The summed E-state index contributed by atoms with van der Waals surface area (Å²) in [6.07, 6.45) is 2.91. The van der Waals surface area contributed by atoms with E-state index in [1.54, 1.807) is 0 Å². The van der Waals surface area contributed by atoms with Crippen molar-refractivity contribution < 1.29 is 4.79 Å². The number of carbonyl (C=O) groups excluding carboxylic acids is 1. The number of alkyl halides is 1. The molecule has 1 nitrogen and oxygen atoms in total. The van der Waals surface area contributed by atoms with E-state index in [1.165, 1.54) is 12.0 Å². The Balaban J connectivity index is 1.77. The highest BCUT2D eigenvalue weighted by atomic mass is 35.5. The van der Waals surface area contributed by atoms with Crippen molar-refractivity contribution in [2.24, 2.45) is 22.7 Å². The summed E-state index contributed by atoms with van der Waals surface area (Å²) in [5.41, 5.74) is 1.21. The number of carbonyl (C=O) groups is 1. The first-order valence-electron chi connectivity index (χ1n) is 7.70. The molecule has 3 aliphatic rings. The highest BCUT2D eigenvalue weighted by Crippen LogP contribution is 2.73. The monoisotopic (exact) mass is 288 g/mol. The molecule has 3 fully saturated rings. The molecule has 0 unspecified atom stereocenters. The lowest BCUT2D eigenvalue weighted by Crippen LogP contribution is -2.44. The van der Waals surface area contributed by atoms with Gasteiger partial charge in [0.25, 0.3) is 0 Å². The molecular formula is C18H21ClO. The fourth-order valence-corrected chi connectivity index (χ4v) is 6.01. The van der Waals surface area contributed by atoms with Gasteiger partial charge in [-0.05, 0) is 41.6 Å². The van der Waals surface area contributed by atoms with Crippen molar-refractivity contribution in [3.8, 4) is 0 Å². The number of halogens is 1. The summed E-state index contributed by atoms with van der Waals surface area (Å²) in [7, 11) is 0. The van der Waals surface area contributed by atoms with Gasteiger partial charge >= 0.3 is 0 Å². The third-order valence-corrected chi connectivity index (χ3v) is 7.53. The van der Waals surface area contributed by atoms with Gasteiger partial charge in [-0.3, -0.25) is 4.79 Å². The number of rotatable bonds is 1. The van der Waals surface area contributed by atoms with Gasteiger partial charge in [0.2, 0.25) is 0 Å². The van der Waals surface area contributed by atoms with Crippen LogP contribution in [-0.4, -0.2) is 11.2 Å². The van der Waals surface area contributed by atoms with Crippen molar-refractivity contribution in [1.82, 2.24) is 0 Å². The van der Waals surface area contributed by atoms with E-state index in [0.717, 1.165) is 6.42 Å². The predicted molar refractivity (Wildman–Crippen MR) is 80.9 cm³/mol. The molecule has 1 aromatic carbocycles. The van der Waals surface area contributed by atoms with Crippen LogP contribution in [0.1, 0.15) is 44.6 Å². The van der Waals surface area contributed by atoms with Gasteiger partial charge in [0.05, 0.1) is 5.38 Å². The lowest BCUT2D eigenvalue weighted by atomic mass is 9.65. The molecule has 0 N–H and O–H groups in total. The average molecular weight is 289 g/mol. The zero-order valence-corrected chi connectivity index (χ0v) is 12.9. The minimum Gasteiger partial charge on any atom is -0.299 e. The van der Waals surface area contributed by atoms with E-state index < -0.39 is 0 Å². The van der Waals surface area contributed by atoms with Crippen LogP contribution in [0.15, 0.2) is 30.3 Å². The van der Waals surface area contributed by atoms with Gasteiger partial charge in [0, 0.05) is 11.8 Å². The topological polar surface area (TPSA) is 17.1 Å². The Morgan fingerprint density at radius 3 is 2.55 bits per heavy atom. The number of Topliss-reactive ketones (excluding diaryl/α,β-unsaturated/α-hetero) is 1. The predicted octanol–water partition coefficient (Wildman–Crippen LogP) is 4.40. The molecule has 0 radical (unpaired) electrons. The molecule has 3 saturated carbocycles. The van der Waals surface area contributed by atoms with Crippen molar-refractivity contribution in [2.75, 3.05) is 0 Å². The summed E-state index contributed by atoms with van der Waals surface area (Å²) < 4.78 is 0. The maximum Gasteiger partial charge on any atom is 0.141 e. The number of fused-ring (bicyclic) bond motifs is 1. The molecule has 3 aliphatic carbocycles. The van der Waals surface area contributed by atoms with Gasteiger partial charge in [0.15, 0.2) is 0 Å². The van der Waals surface area contributed by atoms with Crippen LogP contribution in [0.4, 0.5) is 0 Å². The van der Waals surface area contributed by atoms with Gasteiger partial charge < -0.3 is 0 Å². The van der Waals surface area contributed by atoms with Crippen molar-refractivity contribution in [3.05, 3.63) is 35.9 Å². The Morgan fingerprint density at radius 1 is 1.20 bits per heavy atom. The molecule has 1 spiro atoms. The summed E-state index contributed by atoms with van der Waals surface area (Å²) in [6.45, 7) is 4.51. The quantitative estimate of drug-likeness (QED) is 0.700. The number of hydrogen-bond acceptors (Lipinski definition) is 1. The zero-order chi connectivity index (χ0) is 14.1. The van der Waals surface area contributed by atoms with Gasteiger partial charge in [-0.1, -0.05) is 44.2 Å². The molecule has 2 bridgehead atoms. The van der Waals surface area contributed by atoms with E-state index >= 15 is 0 Å². The summed E-state index contributed by atoms with van der Waals surface area (Å²) in [5, 5.41) is 0.0139. The normalized spacial score (nSPS) is 44.9. The van der Waals surface area contributed by atoms with E-state index in [-0.39, 0.29) is 16.2 Å². The second-order valence-corrected chi connectivity index (χ2v) is 8.05. The van der Waals surface area contributed by atoms with Crippen LogP contribution in [0.3, 0.4) is 0 Å². The van der Waals surface area contributed by atoms with Crippen molar-refractivity contribution in [1.29, 1.82) is 0 Å². The third kappa shape index (κ3) is 1.33. The summed E-state index contributed by atoms with van der Waals surface area (Å²) in [5.74, 6) is 1.92. The fraction of sp³-hybridized carbons (Fsp3) is 0.611. The standard InChI is InChI=1S/C18H21ClO/c1-17(2)12-8-14-13(11-6-4-3-5-7-11)9-15(20)18(14,10-12)16(17)19/h3-7,12-14,16H,8-10H2,1-2H3/t12-,13+,14+,16-,18-/m0/s1. The molecule has 0 heterocycles. The molecule has 4 rings (SSSR count). The van der Waals surface area contributed by atoms with Gasteiger partial charge in [-0.2, -0.15) is 0 Å². The molecule has 0 aliphatic heterocycles. The van der Waals surface area contributed by atoms with Crippen molar-refractivity contribution >= 4 is 17.4 Å². The maximum atomic E-state index is 12.8. The van der Waals surface area contributed by atoms with Crippen LogP contribution in [0, 0.1) is 22.7 Å². The summed E-state index contributed by atoms with van der Waals surface area (Å²) >= 11 is 6.82. The van der Waals surface area contributed by atoms with Crippen LogP contribution < -0.4 is 0 Å². The molecule has 1 aromatic rings. The number of benzene rings is 1. The molecule has 0 amide bonds. The number of hydrogen-bond donors (Lipinski definition) is 0. The third-order valence-electron chi connectivity index (χ3n) is 6.58. The second kappa shape index (κ2) is 3.88. The molecule has 2 heteroatoms. The van der Waals surface area contributed by atoms with Crippen LogP contribution in [0.25, 0.3) is 0 Å². The summed E-state index contributed by atoms with van der Waals surface area (Å²) in [6, 6.07) is 10.6.